The highest BCUT2D eigenvalue weighted by Gasteiger charge is 2.30. The van der Waals surface area contributed by atoms with E-state index in [9.17, 15) is 0 Å². The van der Waals surface area contributed by atoms with Crippen molar-refractivity contribution in [3.63, 3.8) is 0 Å². The molecule has 3 heteroatoms. The summed E-state index contributed by atoms with van der Waals surface area (Å²) in [6.07, 6.45) is 7.41. The van der Waals surface area contributed by atoms with Crippen LogP contribution in [0.4, 0.5) is 0 Å². The minimum Gasteiger partial charge on any atom is -0.367 e. The van der Waals surface area contributed by atoms with E-state index < -0.39 is 0 Å². The molecular weight excluding hydrogens is 176 g/mol. The number of ether oxygens (including phenoxy) is 1. The molecule has 0 aromatic heterocycles. The normalized spacial score (nSPS) is 29.9. The smallest absolute Gasteiger partial charge is 0.118 e. The molecule has 2 aliphatic rings. The van der Waals surface area contributed by atoms with Crippen LogP contribution in [0.3, 0.4) is 0 Å². The van der Waals surface area contributed by atoms with E-state index in [0.717, 1.165) is 13.0 Å². The zero-order chi connectivity index (χ0) is 9.97. The van der Waals surface area contributed by atoms with Crippen LogP contribution in [0.2, 0.25) is 0 Å². The van der Waals surface area contributed by atoms with Gasteiger partial charge in [-0.15, -0.1) is 0 Å². The lowest BCUT2D eigenvalue weighted by Crippen LogP contribution is -2.34. The van der Waals surface area contributed by atoms with Gasteiger partial charge in [0.2, 0.25) is 0 Å². The fourth-order valence-electron chi connectivity index (χ4n) is 2.36. The Morgan fingerprint density at radius 2 is 2.00 bits per heavy atom. The minimum absolute atomic E-state index is 0.115. The van der Waals surface area contributed by atoms with Crippen molar-refractivity contribution in [2.75, 3.05) is 6.61 Å². The molecule has 0 radical (unpaired) electrons. The Bertz CT molecular complexity index is 207. The van der Waals surface area contributed by atoms with E-state index in [0.29, 0.717) is 11.6 Å². The third kappa shape index (κ3) is 2.55. The summed E-state index contributed by atoms with van der Waals surface area (Å²) in [5.41, 5.74) is 6.83. The summed E-state index contributed by atoms with van der Waals surface area (Å²) < 4.78 is 5.08. The molecule has 0 spiro atoms. The van der Waals surface area contributed by atoms with Crippen LogP contribution in [-0.2, 0) is 4.74 Å². The zero-order valence-electron chi connectivity index (χ0n) is 8.67. The Hall–Kier alpha value is -0.410. The molecule has 14 heavy (non-hydrogen) atoms. The Morgan fingerprint density at radius 3 is 2.57 bits per heavy atom. The lowest BCUT2D eigenvalue weighted by atomic mass is 9.82. The van der Waals surface area contributed by atoms with Gasteiger partial charge in [0.1, 0.15) is 6.10 Å². The van der Waals surface area contributed by atoms with Crippen molar-refractivity contribution >= 4 is 5.71 Å². The van der Waals surface area contributed by atoms with E-state index in [1.165, 1.54) is 32.1 Å². The topological polar surface area (TPSA) is 62.4 Å². The lowest BCUT2D eigenvalue weighted by molar-refractivity contribution is 0.307. The lowest BCUT2D eigenvalue weighted by Gasteiger charge is -2.27. The minimum atomic E-state index is 0.115. The van der Waals surface area contributed by atoms with Crippen molar-refractivity contribution in [1.29, 1.82) is 5.41 Å². The second-order valence-corrected chi connectivity index (χ2v) is 4.61. The number of hydrogen-bond donors (Lipinski definition) is 2. The van der Waals surface area contributed by atoms with Crippen LogP contribution < -0.4 is 5.73 Å². The zero-order valence-corrected chi connectivity index (χ0v) is 8.67. The van der Waals surface area contributed by atoms with Crippen LogP contribution in [0.15, 0.2) is 0 Å². The maximum absolute atomic E-state index is 7.75. The van der Waals surface area contributed by atoms with Crippen LogP contribution in [0, 0.1) is 11.3 Å². The average Bonchev–Trinajstić information content (AvgIpc) is 3.02. The molecule has 0 amide bonds. The Balaban J connectivity index is 1.75. The van der Waals surface area contributed by atoms with Gasteiger partial charge < -0.3 is 15.9 Å². The van der Waals surface area contributed by atoms with Crippen LogP contribution in [-0.4, -0.2) is 24.5 Å². The molecule has 2 unspecified atom stereocenters. The van der Waals surface area contributed by atoms with Gasteiger partial charge >= 0.3 is 0 Å². The highest BCUT2D eigenvalue weighted by atomic mass is 16.6. The van der Waals surface area contributed by atoms with Gasteiger partial charge in [0, 0.05) is 18.2 Å². The number of nitrogens with two attached hydrogens (primary N) is 1. The molecule has 1 saturated carbocycles. The molecule has 0 bridgehead atoms. The van der Waals surface area contributed by atoms with Crippen LogP contribution in [0.25, 0.3) is 0 Å². The predicted octanol–water partition coefficient (Wildman–Crippen LogP) is 1.70. The van der Waals surface area contributed by atoms with Gasteiger partial charge in [0.25, 0.3) is 0 Å². The van der Waals surface area contributed by atoms with E-state index in [2.05, 4.69) is 0 Å². The Morgan fingerprint density at radius 1 is 1.36 bits per heavy atom. The molecule has 0 aromatic carbocycles. The number of hydrogen-bond acceptors (Lipinski definition) is 3. The van der Waals surface area contributed by atoms with E-state index in [1.54, 1.807) is 0 Å². The van der Waals surface area contributed by atoms with Gasteiger partial charge in [-0.2, -0.15) is 0 Å². The summed E-state index contributed by atoms with van der Waals surface area (Å²) in [7, 11) is 0. The summed E-state index contributed by atoms with van der Waals surface area (Å²) >= 11 is 0. The molecule has 2 rings (SSSR count). The molecule has 1 aliphatic carbocycles. The molecule has 1 heterocycles. The molecular formula is C11H20N2O. The fourth-order valence-corrected chi connectivity index (χ4v) is 2.36. The second kappa shape index (κ2) is 4.41. The van der Waals surface area contributed by atoms with Gasteiger partial charge in [-0.25, -0.2) is 0 Å². The van der Waals surface area contributed by atoms with Gasteiger partial charge in [-0.05, 0) is 18.8 Å². The standard InChI is InChI=1S/C11H20N2O/c12-9(6-10(13)11-7-14-11)8-4-2-1-3-5-8/h8-9,11,13H,1-7,12H2. The quantitative estimate of drug-likeness (QED) is 0.531. The van der Waals surface area contributed by atoms with Crippen LogP contribution >= 0.6 is 0 Å². The number of nitrogens with one attached hydrogen (secondary N) is 1. The largest absolute Gasteiger partial charge is 0.367 e. The van der Waals surface area contributed by atoms with E-state index in [1.807, 2.05) is 0 Å². The highest BCUT2D eigenvalue weighted by molar-refractivity contribution is 5.88. The molecule has 2 atom stereocenters. The molecule has 2 fully saturated rings. The van der Waals surface area contributed by atoms with Gasteiger partial charge in [0.15, 0.2) is 0 Å². The van der Waals surface area contributed by atoms with Gasteiger partial charge in [0.05, 0.1) is 6.61 Å². The first-order valence-corrected chi connectivity index (χ1v) is 5.72. The Kier molecular flexibility index (Phi) is 3.19. The fraction of sp³-hybridized carbons (Fsp3) is 0.909. The van der Waals surface area contributed by atoms with Crippen molar-refractivity contribution < 1.29 is 4.74 Å². The second-order valence-electron chi connectivity index (χ2n) is 4.61. The first kappa shape index (κ1) is 10.1. The van der Waals surface area contributed by atoms with Gasteiger partial charge in [-0.1, -0.05) is 19.3 Å². The summed E-state index contributed by atoms with van der Waals surface area (Å²) in [6, 6.07) is 0.201. The SMILES string of the molecule is N=C(CC(N)C1CCCCC1)C1CO1. The molecule has 80 valence electrons. The van der Waals surface area contributed by atoms with Crippen molar-refractivity contribution in [2.24, 2.45) is 11.7 Å². The van der Waals surface area contributed by atoms with E-state index in [4.69, 9.17) is 15.9 Å². The summed E-state index contributed by atoms with van der Waals surface area (Å²) in [6.45, 7) is 0.746. The molecule has 1 aliphatic heterocycles. The highest BCUT2D eigenvalue weighted by Crippen LogP contribution is 2.27. The molecule has 3 nitrogen and oxygen atoms in total. The predicted molar refractivity (Wildman–Crippen MR) is 56.6 cm³/mol. The third-order valence-corrected chi connectivity index (χ3v) is 3.43. The molecule has 0 aromatic rings. The number of rotatable bonds is 4. The van der Waals surface area contributed by atoms with Crippen LogP contribution in [0.5, 0.6) is 0 Å². The third-order valence-electron chi connectivity index (χ3n) is 3.43. The first-order chi connectivity index (χ1) is 6.77. The van der Waals surface area contributed by atoms with Crippen molar-refractivity contribution in [3.8, 4) is 0 Å². The molecule has 3 N–H and O–H groups in total. The first-order valence-electron chi connectivity index (χ1n) is 5.72. The monoisotopic (exact) mass is 196 g/mol. The van der Waals surface area contributed by atoms with E-state index in [-0.39, 0.29) is 12.1 Å². The van der Waals surface area contributed by atoms with E-state index >= 15 is 0 Å². The van der Waals surface area contributed by atoms with Crippen molar-refractivity contribution in [3.05, 3.63) is 0 Å². The summed E-state index contributed by atoms with van der Waals surface area (Å²) in [5, 5.41) is 7.75. The van der Waals surface area contributed by atoms with Crippen LogP contribution in [0.1, 0.15) is 38.5 Å². The maximum Gasteiger partial charge on any atom is 0.118 e. The summed E-state index contributed by atoms with van der Waals surface area (Å²) in [5.74, 6) is 0.655. The average molecular weight is 196 g/mol. The van der Waals surface area contributed by atoms with Crippen molar-refractivity contribution in [1.82, 2.24) is 0 Å². The number of epoxide rings is 1. The summed E-state index contributed by atoms with van der Waals surface area (Å²) in [4.78, 5) is 0. The van der Waals surface area contributed by atoms with Gasteiger partial charge in [-0.3, -0.25) is 0 Å². The van der Waals surface area contributed by atoms with Crippen molar-refractivity contribution in [2.45, 2.75) is 50.7 Å². The molecule has 1 saturated heterocycles. The maximum atomic E-state index is 7.75. The Labute approximate surface area is 85.5 Å².